The van der Waals surface area contributed by atoms with Crippen molar-refractivity contribution in [1.82, 2.24) is 19.8 Å². The Bertz CT molecular complexity index is 594. The number of likely N-dealkylation sites (tertiary alicyclic amines) is 1. The molecule has 1 atom stereocenters. The standard InChI is InChI=1S/C16H22F2N4O2/c17-13(18)9-19-15(23)12-5-1-4-8-22(12)16(24)11-10-21-7-3-2-6-14(21)20-11/h10,12-13H,1-9H2,(H,19,23)/t12-/m0/s1. The van der Waals surface area contributed by atoms with E-state index in [0.717, 1.165) is 44.5 Å². The van der Waals surface area contributed by atoms with E-state index in [4.69, 9.17) is 0 Å². The molecule has 2 aliphatic rings. The van der Waals surface area contributed by atoms with E-state index in [1.54, 1.807) is 6.20 Å². The second-order valence-electron chi connectivity index (χ2n) is 6.34. The van der Waals surface area contributed by atoms with Gasteiger partial charge in [-0.1, -0.05) is 0 Å². The minimum atomic E-state index is -2.60. The molecule has 0 radical (unpaired) electrons. The van der Waals surface area contributed by atoms with Crippen LogP contribution in [0.2, 0.25) is 0 Å². The average molecular weight is 340 g/mol. The molecular weight excluding hydrogens is 318 g/mol. The van der Waals surface area contributed by atoms with Gasteiger partial charge in [0.25, 0.3) is 12.3 Å². The van der Waals surface area contributed by atoms with Crippen LogP contribution in [0.15, 0.2) is 6.20 Å². The SMILES string of the molecule is O=C(NCC(F)F)[C@@H]1CCCCN1C(=O)c1cn2c(n1)CCCC2. The molecule has 0 spiro atoms. The monoisotopic (exact) mass is 340 g/mol. The fourth-order valence-corrected chi connectivity index (χ4v) is 3.41. The maximum Gasteiger partial charge on any atom is 0.274 e. The lowest BCUT2D eigenvalue weighted by Crippen LogP contribution is -2.52. The van der Waals surface area contributed by atoms with Gasteiger partial charge in [0.15, 0.2) is 0 Å². The summed E-state index contributed by atoms with van der Waals surface area (Å²) in [4.78, 5) is 30.9. The highest BCUT2D eigenvalue weighted by atomic mass is 19.3. The van der Waals surface area contributed by atoms with Gasteiger partial charge in [0.2, 0.25) is 5.91 Å². The van der Waals surface area contributed by atoms with E-state index >= 15 is 0 Å². The first-order valence-electron chi connectivity index (χ1n) is 8.49. The summed E-state index contributed by atoms with van der Waals surface area (Å²) in [5.41, 5.74) is 0.348. The van der Waals surface area contributed by atoms with E-state index in [2.05, 4.69) is 10.3 Å². The van der Waals surface area contributed by atoms with Crippen molar-refractivity contribution < 1.29 is 18.4 Å². The van der Waals surface area contributed by atoms with Crippen LogP contribution in [-0.2, 0) is 17.8 Å². The molecule has 1 saturated heterocycles. The number of aryl methyl sites for hydroxylation is 2. The van der Waals surface area contributed by atoms with Crippen LogP contribution < -0.4 is 5.32 Å². The molecule has 0 unspecified atom stereocenters. The first-order chi connectivity index (χ1) is 11.6. The van der Waals surface area contributed by atoms with Gasteiger partial charge >= 0.3 is 0 Å². The minimum absolute atomic E-state index is 0.284. The molecule has 0 aliphatic carbocycles. The normalized spacial score (nSPS) is 20.8. The van der Waals surface area contributed by atoms with Crippen molar-refractivity contribution in [3.05, 3.63) is 17.7 Å². The van der Waals surface area contributed by atoms with Crippen molar-refractivity contribution in [2.45, 2.75) is 57.5 Å². The van der Waals surface area contributed by atoms with Gasteiger partial charge in [0.1, 0.15) is 17.6 Å². The van der Waals surface area contributed by atoms with Crippen LogP contribution in [0.1, 0.15) is 48.4 Å². The number of amides is 2. The van der Waals surface area contributed by atoms with E-state index < -0.39 is 24.9 Å². The highest BCUT2D eigenvalue weighted by Crippen LogP contribution is 2.21. The number of hydrogen-bond acceptors (Lipinski definition) is 3. The Kier molecular flexibility index (Phi) is 5.11. The van der Waals surface area contributed by atoms with Crippen molar-refractivity contribution in [1.29, 1.82) is 0 Å². The largest absolute Gasteiger partial charge is 0.349 e. The molecule has 6 nitrogen and oxygen atoms in total. The Morgan fingerprint density at radius 1 is 1.25 bits per heavy atom. The Hall–Kier alpha value is -1.99. The lowest BCUT2D eigenvalue weighted by atomic mass is 10.0. The molecule has 0 aromatic carbocycles. The maximum absolute atomic E-state index is 12.8. The number of piperidine rings is 1. The predicted molar refractivity (Wildman–Crippen MR) is 82.9 cm³/mol. The number of halogens is 2. The minimum Gasteiger partial charge on any atom is -0.349 e. The zero-order valence-electron chi connectivity index (χ0n) is 13.5. The molecule has 1 aromatic heterocycles. The van der Waals surface area contributed by atoms with Crippen LogP contribution in [0, 0.1) is 0 Å². The second-order valence-corrected chi connectivity index (χ2v) is 6.34. The van der Waals surface area contributed by atoms with Crippen molar-refractivity contribution in [3.8, 4) is 0 Å². The lowest BCUT2D eigenvalue weighted by Gasteiger charge is -2.34. The van der Waals surface area contributed by atoms with Gasteiger partial charge in [-0.25, -0.2) is 13.8 Å². The fourth-order valence-electron chi connectivity index (χ4n) is 3.41. The summed E-state index contributed by atoms with van der Waals surface area (Å²) in [6, 6.07) is -0.691. The molecule has 1 fully saturated rings. The van der Waals surface area contributed by atoms with Crippen LogP contribution in [0.4, 0.5) is 8.78 Å². The second kappa shape index (κ2) is 7.27. The van der Waals surface area contributed by atoms with E-state index in [1.807, 2.05) is 4.57 Å². The number of rotatable bonds is 4. The van der Waals surface area contributed by atoms with E-state index in [-0.39, 0.29) is 5.91 Å². The van der Waals surface area contributed by atoms with Crippen molar-refractivity contribution in [2.24, 2.45) is 0 Å². The number of carbonyl (C=O) groups is 2. The predicted octanol–water partition coefficient (Wildman–Crippen LogP) is 1.60. The molecule has 3 rings (SSSR count). The van der Waals surface area contributed by atoms with Crippen LogP contribution in [-0.4, -0.2) is 51.8 Å². The highest BCUT2D eigenvalue weighted by Gasteiger charge is 2.34. The summed E-state index contributed by atoms with van der Waals surface area (Å²) < 4.78 is 26.6. The van der Waals surface area contributed by atoms with Crippen molar-refractivity contribution >= 4 is 11.8 Å². The number of fused-ring (bicyclic) bond motifs is 1. The van der Waals surface area contributed by atoms with E-state index in [1.165, 1.54) is 4.90 Å². The average Bonchev–Trinajstić information content (AvgIpc) is 3.03. The highest BCUT2D eigenvalue weighted by molar-refractivity contribution is 5.96. The summed E-state index contributed by atoms with van der Waals surface area (Å²) in [6.07, 6.45) is 4.24. The number of alkyl halides is 2. The lowest BCUT2D eigenvalue weighted by molar-refractivity contribution is -0.127. The Balaban J connectivity index is 1.73. The molecule has 1 aromatic rings. The smallest absolute Gasteiger partial charge is 0.274 e. The van der Waals surface area contributed by atoms with Crippen molar-refractivity contribution in [2.75, 3.05) is 13.1 Å². The third-order valence-corrected chi connectivity index (χ3v) is 4.62. The summed E-state index contributed by atoms with van der Waals surface area (Å²) in [6.45, 7) is 0.623. The fraction of sp³-hybridized carbons (Fsp3) is 0.688. The maximum atomic E-state index is 12.8. The summed E-state index contributed by atoms with van der Waals surface area (Å²) in [7, 11) is 0. The van der Waals surface area contributed by atoms with Crippen LogP contribution in [0.3, 0.4) is 0 Å². The van der Waals surface area contributed by atoms with Gasteiger partial charge in [-0.2, -0.15) is 0 Å². The number of carbonyl (C=O) groups excluding carboxylic acids is 2. The quantitative estimate of drug-likeness (QED) is 0.905. The molecule has 0 saturated carbocycles. The molecule has 2 amide bonds. The van der Waals surface area contributed by atoms with Crippen LogP contribution in [0.5, 0.6) is 0 Å². The molecule has 3 heterocycles. The Labute approximate surface area is 139 Å². The molecule has 2 aliphatic heterocycles. The molecule has 8 heteroatoms. The topological polar surface area (TPSA) is 67.2 Å². The number of hydrogen-bond donors (Lipinski definition) is 1. The Morgan fingerprint density at radius 2 is 2.04 bits per heavy atom. The molecular formula is C16H22F2N4O2. The molecule has 0 bridgehead atoms. The van der Waals surface area contributed by atoms with Crippen LogP contribution >= 0.6 is 0 Å². The van der Waals surface area contributed by atoms with E-state index in [9.17, 15) is 18.4 Å². The Morgan fingerprint density at radius 3 is 2.79 bits per heavy atom. The first kappa shape index (κ1) is 16.9. The van der Waals surface area contributed by atoms with E-state index in [0.29, 0.717) is 18.7 Å². The number of nitrogens with one attached hydrogen (secondary N) is 1. The summed E-state index contributed by atoms with van der Waals surface area (Å²) in [5, 5.41) is 2.23. The van der Waals surface area contributed by atoms with Gasteiger partial charge in [-0.15, -0.1) is 0 Å². The number of aromatic nitrogens is 2. The van der Waals surface area contributed by atoms with Gasteiger partial charge in [-0.05, 0) is 32.1 Å². The number of imidazole rings is 1. The zero-order valence-corrected chi connectivity index (χ0v) is 13.5. The molecule has 1 N–H and O–H groups in total. The summed E-state index contributed by atoms with van der Waals surface area (Å²) in [5.74, 6) is 0.112. The third-order valence-electron chi connectivity index (χ3n) is 4.62. The zero-order chi connectivity index (χ0) is 17.1. The van der Waals surface area contributed by atoms with Gasteiger partial charge in [0, 0.05) is 25.7 Å². The van der Waals surface area contributed by atoms with Gasteiger partial charge in [0.05, 0.1) is 6.54 Å². The van der Waals surface area contributed by atoms with Gasteiger partial charge in [-0.3, -0.25) is 9.59 Å². The molecule has 24 heavy (non-hydrogen) atoms. The van der Waals surface area contributed by atoms with Crippen LogP contribution in [0.25, 0.3) is 0 Å². The third kappa shape index (κ3) is 3.57. The first-order valence-corrected chi connectivity index (χ1v) is 8.49. The number of nitrogens with zero attached hydrogens (tertiary/aromatic N) is 3. The summed E-state index contributed by atoms with van der Waals surface area (Å²) >= 11 is 0. The van der Waals surface area contributed by atoms with Gasteiger partial charge < -0.3 is 14.8 Å². The van der Waals surface area contributed by atoms with Crippen molar-refractivity contribution in [3.63, 3.8) is 0 Å². The molecule has 132 valence electrons.